The number of halogens is 4. The number of aromatic nitrogens is 3. The molecule has 28 heavy (non-hydrogen) atoms. The van der Waals surface area contributed by atoms with Crippen molar-refractivity contribution < 1.29 is 18.0 Å². The van der Waals surface area contributed by atoms with E-state index in [1.807, 2.05) is 24.3 Å². The Hall–Kier alpha value is -2.33. The van der Waals surface area contributed by atoms with Crippen LogP contribution >= 0.6 is 27.7 Å². The summed E-state index contributed by atoms with van der Waals surface area (Å²) in [5.41, 5.74) is 1.62. The first-order valence-corrected chi connectivity index (χ1v) is 9.80. The van der Waals surface area contributed by atoms with Crippen LogP contribution in [0.4, 0.5) is 18.9 Å². The van der Waals surface area contributed by atoms with E-state index >= 15 is 0 Å². The minimum absolute atomic E-state index is 0.0931. The zero-order valence-electron chi connectivity index (χ0n) is 14.5. The Balaban J connectivity index is 1.81. The molecule has 5 nitrogen and oxygen atoms in total. The summed E-state index contributed by atoms with van der Waals surface area (Å²) in [5, 5.41) is 10.6. The van der Waals surface area contributed by atoms with Gasteiger partial charge < -0.3 is 5.32 Å². The maximum Gasteiger partial charge on any atom is 0.398 e. The molecule has 1 N–H and O–H groups in total. The largest absolute Gasteiger partial charge is 0.398 e. The Morgan fingerprint density at radius 1 is 1.21 bits per heavy atom. The fourth-order valence-corrected chi connectivity index (χ4v) is 3.58. The second-order valence-electron chi connectivity index (χ2n) is 5.77. The normalized spacial score (nSPS) is 11.5. The molecule has 1 heterocycles. The van der Waals surface area contributed by atoms with Crippen molar-refractivity contribution in [3.8, 4) is 5.69 Å². The molecular weight excluding hydrogens is 457 g/mol. The molecule has 3 rings (SSSR count). The number of anilines is 1. The molecule has 0 aliphatic heterocycles. The predicted octanol–water partition coefficient (Wildman–Crippen LogP) is 5.24. The Morgan fingerprint density at radius 3 is 2.68 bits per heavy atom. The van der Waals surface area contributed by atoms with Gasteiger partial charge in [0.15, 0.2) is 5.69 Å². The van der Waals surface area contributed by atoms with Crippen molar-refractivity contribution in [2.45, 2.75) is 18.0 Å². The molecule has 0 aliphatic carbocycles. The van der Waals surface area contributed by atoms with E-state index in [1.165, 1.54) is 10.7 Å². The molecule has 1 amide bonds. The van der Waals surface area contributed by atoms with Crippen LogP contribution < -0.4 is 5.32 Å². The molecule has 0 fully saturated rings. The SMILES string of the molecule is Cc1c(C(=O)Nc2ccccc2SCC(F)(F)F)nnn1-c1cccc(Br)c1. The van der Waals surface area contributed by atoms with Gasteiger partial charge in [-0.15, -0.1) is 16.9 Å². The summed E-state index contributed by atoms with van der Waals surface area (Å²) in [5.74, 6) is -1.59. The highest BCUT2D eigenvalue weighted by Crippen LogP contribution is 2.32. The van der Waals surface area contributed by atoms with E-state index in [4.69, 9.17) is 0 Å². The lowest BCUT2D eigenvalue weighted by Gasteiger charge is -2.11. The van der Waals surface area contributed by atoms with Crippen LogP contribution in [0, 0.1) is 6.92 Å². The highest BCUT2D eigenvalue weighted by atomic mass is 79.9. The number of thioether (sulfide) groups is 1. The zero-order chi connectivity index (χ0) is 20.3. The van der Waals surface area contributed by atoms with Gasteiger partial charge in [0.1, 0.15) is 0 Å². The maximum absolute atomic E-state index is 12.6. The van der Waals surface area contributed by atoms with E-state index in [1.54, 1.807) is 25.1 Å². The number of nitrogens with one attached hydrogen (secondary N) is 1. The van der Waals surface area contributed by atoms with Gasteiger partial charge in [-0.3, -0.25) is 4.79 Å². The monoisotopic (exact) mass is 470 g/mol. The Labute approximate surface area is 171 Å². The van der Waals surface area contributed by atoms with Gasteiger partial charge in [-0.05, 0) is 37.3 Å². The Morgan fingerprint density at radius 2 is 1.96 bits per heavy atom. The average molecular weight is 471 g/mol. The van der Waals surface area contributed by atoms with Crippen LogP contribution in [0.2, 0.25) is 0 Å². The van der Waals surface area contributed by atoms with Crippen molar-refractivity contribution in [2.75, 3.05) is 11.1 Å². The number of hydrogen-bond donors (Lipinski definition) is 1. The number of rotatable bonds is 5. The molecule has 146 valence electrons. The molecule has 3 aromatic rings. The number of carbonyl (C=O) groups is 1. The Bertz CT molecular complexity index is 1010. The van der Waals surface area contributed by atoms with Crippen molar-refractivity contribution in [1.82, 2.24) is 15.0 Å². The number of carbonyl (C=O) groups excluding carboxylic acids is 1. The summed E-state index contributed by atoms with van der Waals surface area (Å²) in [4.78, 5) is 13.0. The molecule has 2 aromatic carbocycles. The second kappa shape index (κ2) is 8.36. The fourth-order valence-electron chi connectivity index (χ4n) is 2.43. The number of hydrogen-bond acceptors (Lipinski definition) is 4. The van der Waals surface area contributed by atoms with Crippen molar-refractivity contribution >= 4 is 39.3 Å². The first-order chi connectivity index (χ1) is 13.2. The number of amides is 1. The number of nitrogens with zero attached hydrogens (tertiary/aromatic N) is 3. The van der Waals surface area contributed by atoms with Crippen LogP contribution in [0.5, 0.6) is 0 Å². The van der Waals surface area contributed by atoms with Gasteiger partial charge in [-0.25, -0.2) is 4.68 Å². The molecule has 1 aromatic heterocycles. The van der Waals surface area contributed by atoms with Crippen LogP contribution in [-0.2, 0) is 0 Å². The van der Waals surface area contributed by atoms with E-state index in [9.17, 15) is 18.0 Å². The molecule has 0 aliphatic rings. The van der Waals surface area contributed by atoms with E-state index in [0.717, 1.165) is 10.2 Å². The Kier molecular flexibility index (Phi) is 6.09. The van der Waals surface area contributed by atoms with Gasteiger partial charge in [0.2, 0.25) is 0 Å². The average Bonchev–Trinajstić information content (AvgIpc) is 3.02. The fraction of sp³-hybridized carbons (Fsp3) is 0.167. The summed E-state index contributed by atoms with van der Waals surface area (Å²) in [7, 11) is 0. The summed E-state index contributed by atoms with van der Waals surface area (Å²) in [6.07, 6.45) is -4.30. The molecule has 0 bridgehead atoms. The van der Waals surface area contributed by atoms with Crippen molar-refractivity contribution in [3.63, 3.8) is 0 Å². The van der Waals surface area contributed by atoms with Crippen LogP contribution in [0.15, 0.2) is 57.9 Å². The van der Waals surface area contributed by atoms with Gasteiger partial charge in [0, 0.05) is 9.37 Å². The summed E-state index contributed by atoms with van der Waals surface area (Å²) in [6.45, 7) is 1.69. The number of alkyl halides is 3. The van der Waals surface area contributed by atoms with Crippen LogP contribution in [0.3, 0.4) is 0 Å². The lowest BCUT2D eigenvalue weighted by atomic mass is 10.2. The third-order valence-electron chi connectivity index (χ3n) is 3.69. The van der Waals surface area contributed by atoms with Gasteiger partial charge in [-0.2, -0.15) is 13.2 Å². The third kappa shape index (κ3) is 4.93. The third-order valence-corrected chi connectivity index (χ3v) is 5.32. The standard InChI is InChI=1S/C18H14BrF3N4OS/c1-11-16(24-25-26(11)13-6-4-5-12(19)9-13)17(27)23-14-7-2-3-8-15(14)28-10-18(20,21)22/h2-9H,10H2,1H3,(H,23,27). The minimum atomic E-state index is -4.30. The predicted molar refractivity (Wildman–Crippen MR) is 105 cm³/mol. The summed E-state index contributed by atoms with van der Waals surface area (Å²) >= 11 is 3.99. The number of benzene rings is 2. The first-order valence-electron chi connectivity index (χ1n) is 8.03. The zero-order valence-corrected chi connectivity index (χ0v) is 16.9. The lowest BCUT2D eigenvalue weighted by molar-refractivity contribution is -0.105. The molecule has 0 spiro atoms. The quantitative estimate of drug-likeness (QED) is 0.517. The lowest BCUT2D eigenvalue weighted by Crippen LogP contribution is -2.15. The van der Waals surface area contributed by atoms with Gasteiger partial charge in [0.25, 0.3) is 5.91 Å². The second-order valence-corrected chi connectivity index (χ2v) is 7.70. The molecule has 0 saturated heterocycles. The van der Waals surface area contributed by atoms with Crippen LogP contribution in [0.1, 0.15) is 16.2 Å². The molecular formula is C18H14BrF3N4OS. The molecule has 10 heteroatoms. The van der Waals surface area contributed by atoms with Crippen molar-refractivity contribution in [1.29, 1.82) is 0 Å². The molecule has 0 saturated carbocycles. The highest BCUT2D eigenvalue weighted by Gasteiger charge is 2.28. The van der Waals surface area contributed by atoms with E-state index in [2.05, 4.69) is 31.6 Å². The van der Waals surface area contributed by atoms with E-state index in [-0.39, 0.29) is 11.4 Å². The molecule has 0 unspecified atom stereocenters. The maximum atomic E-state index is 12.6. The van der Waals surface area contributed by atoms with Crippen molar-refractivity contribution in [2.24, 2.45) is 0 Å². The first kappa shape index (κ1) is 20.4. The highest BCUT2D eigenvalue weighted by molar-refractivity contribution is 9.10. The molecule has 0 atom stereocenters. The smallest absolute Gasteiger partial charge is 0.319 e. The van der Waals surface area contributed by atoms with Gasteiger partial charge in [0.05, 0.1) is 22.8 Å². The topological polar surface area (TPSA) is 59.8 Å². The summed E-state index contributed by atoms with van der Waals surface area (Å²) in [6, 6.07) is 13.7. The minimum Gasteiger partial charge on any atom is -0.319 e. The number of para-hydroxylation sites is 1. The van der Waals surface area contributed by atoms with Gasteiger partial charge in [-0.1, -0.05) is 39.3 Å². The van der Waals surface area contributed by atoms with Gasteiger partial charge >= 0.3 is 6.18 Å². The molecule has 0 radical (unpaired) electrons. The van der Waals surface area contributed by atoms with Crippen LogP contribution in [0.25, 0.3) is 5.69 Å². The summed E-state index contributed by atoms with van der Waals surface area (Å²) < 4.78 is 39.9. The van der Waals surface area contributed by atoms with E-state index < -0.39 is 17.8 Å². The van der Waals surface area contributed by atoms with Crippen LogP contribution in [-0.4, -0.2) is 32.8 Å². The van der Waals surface area contributed by atoms with Crippen molar-refractivity contribution in [3.05, 3.63) is 64.4 Å². The van der Waals surface area contributed by atoms with E-state index in [0.29, 0.717) is 22.4 Å².